The van der Waals surface area contributed by atoms with Crippen molar-refractivity contribution < 1.29 is 4.74 Å². The van der Waals surface area contributed by atoms with Crippen LogP contribution in [0, 0.1) is 0 Å². The van der Waals surface area contributed by atoms with Gasteiger partial charge in [0, 0.05) is 45.3 Å². The second-order valence-electron chi connectivity index (χ2n) is 7.70. The zero-order chi connectivity index (χ0) is 19.0. The average Bonchev–Trinajstić information content (AvgIpc) is 2.63. The normalized spacial score (nSPS) is 16.1. The van der Waals surface area contributed by atoms with Crippen LogP contribution in [0.5, 0.6) is 0 Å². The number of halogens is 1. The van der Waals surface area contributed by atoms with E-state index >= 15 is 0 Å². The summed E-state index contributed by atoms with van der Waals surface area (Å²) in [6, 6.07) is 8.56. The molecule has 1 aliphatic heterocycles. The number of morpholine rings is 1. The lowest BCUT2D eigenvalue weighted by Gasteiger charge is -2.41. The van der Waals surface area contributed by atoms with E-state index < -0.39 is 0 Å². The van der Waals surface area contributed by atoms with Gasteiger partial charge >= 0.3 is 0 Å². The first-order chi connectivity index (χ1) is 12.4. The number of aliphatic imine (C=N–C) groups is 1. The molecule has 1 saturated heterocycles. The van der Waals surface area contributed by atoms with Crippen molar-refractivity contribution in [3.05, 3.63) is 35.4 Å². The van der Waals surface area contributed by atoms with Gasteiger partial charge in [0.25, 0.3) is 0 Å². The maximum atomic E-state index is 5.47. The highest BCUT2D eigenvalue weighted by Gasteiger charge is 2.28. The Morgan fingerprint density at radius 2 is 1.78 bits per heavy atom. The molecule has 154 valence electrons. The quantitative estimate of drug-likeness (QED) is 0.349. The summed E-state index contributed by atoms with van der Waals surface area (Å²) in [6.07, 6.45) is 0. The highest BCUT2D eigenvalue weighted by Crippen LogP contribution is 2.15. The van der Waals surface area contributed by atoms with Crippen molar-refractivity contribution in [3.8, 4) is 0 Å². The largest absolute Gasteiger partial charge is 0.379 e. The van der Waals surface area contributed by atoms with Gasteiger partial charge in [0.1, 0.15) is 0 Å². The Kier molecular flexibility index (Phi) is 10.6. The van der Waals surface area contributed by atoms with Crippen LogP contribution in [0.1, 0.15) is 25.0 Å². The summed E-state index contributed by atoms with van der Waals surface area (Å²) in [7, 11) is 6.01. The molecule has 0 unspecified atom stereocenters. The van der Waals surface area contributed by atoms with E-state index in [1.54, 1.807) is 0 Å². The van der Waals surface area contributed by atoms with Crippen molar-refractivity contribution in [2.75, 3.05) is 54.0 Å². The van der Waals surface area contributed by atoms with Gasteiger partial charge < -0.3 is 20.3 Å². The molecule has 1 fully saturated rings. The Hall–Kier alpha value is -0.900. The molecule has 0 bridgehead atoms. The first-order valence-corrected chi connectivity index (χ1v) is 9.41. The van der Waals surface area contributed by atoms with Gasteiger partial charge in [0.05, 0.1) is 13.2 Å². The van der Waals surface area contributed by atoms with Gasteiger partial charge in [-0.25, -0.2) is 0 Å². The molecule has 2 rings (SSSR count). The maximum Gasteiger partial charge on any atom is 0.191 e. The molecule has 6 nitrogen and oxygen atoms in total. The number of nitrogens with one attached hydrogen (secondary N) is 2. The number of hydrogen-bond acceptors (Lipinski definition) is 4. The molecule has 0 saturated carbocycles. The topological polar surface area (TPSA) is 52.1 Å². The number of hydrogen-bond donors (Lipinski definition) is 2. The fourth-order valence-corrected chi connectivity index (χ4v) is 3.20. The van der Waals surface area contributed by atoms with Gasteiger partial charge in [0.15, 0.2) is 5.96 Å². The van der Waals surface area contributed by atoms with Crippen LogP contribution >= 0.6 is 24.0 Å². The standard InChI is InChI=1S/C20H35N5O.HI/c1-20(2,25-10-12-26-13-11-25)16-23-19(21-3)22-14-17-8-6-7-9-18(17)15-24(4)5;/h6-9H,10-16H2,1-5H3,(H2,21,22,23);1H. The van der Waals surface area contributed by atoms with E-state index in [4.69, 9.17) is 4.74 Å². The van der Waals surface area contributed by atoms with Crippen molar-refractivity contribution in [2.45, 2.75) is 32.5 Å². The van der Waals surface area contributed by atoms with Crippen LogP contribution in [-0.2, 0) is 17.8 Å². The molecule has 0 radical (unpaired) electrons. The predicted molar refractivity (Wildman–Crippen MR) is 124 cm³/mol. The van der Waals surface area contributed by atoms with E-state index in [1.807, 2.05) is 7.05 Å². The molecule has 1 aliphatic rings. The Morgan fingerprint density at radius 3 is 2.37 bits per heavy atom. The number of ether oxygens (including phenoxy) is 1. The summed E-state index contributed by atoms with van der Waals surface area (Å²) in [5.74, 6) is 0.839. The molecule has 1 heterocycles. The van der Waals surface area contributed by atoms with Crippen molar-refractivity contribution in [2.24, 2.45) is 4.99 Å². The fourth-order valence-electron chi connectivity index (χ4n) is 3.20. The second kappa shape index (κ2) is 11.8. The highest BCUT2D eigenvalue weighted by atomic mass is 127. The Labute approximate surface area is 181 Å². The van der Waals surface area contributed by atoms with Gasteiger partial charge in [-0.2, -0.15) is 0 Å². The minimum Gasteiger partial charge on any atom is -0.379 e. The number of benzene rings is 1. The second-order valence-corrected chi connectivity index (χ2v) is 7.70. The Bertz CT molecular complexity index is 585. The van der Waals surface area contributed by atoms with E-state index in [2.05, 4.69) is 77.6 Å². The summed E-state index contributed by atoms with van der Waals surface area (Å²) in [5.41, 5.74) is 2.70. The van der Waals surface area contributed by atoms with Crippen LogP contribution in [0.4, 0.5) is 0 Å². The lowest BCUT2D eigenvalue weighted by Crippen LogP contribution is -2.56. The molecular weight excluding hydrogens is 453 g/mol. The Balaban J connectivity index is 0.00000364. The Morgan fingerprint density at radius 1 is 1.15 bits per heavy atom. The zero-order valence-corrected chi connectivity index (χ0v) is 19.7. The van der Waals surface area contributed by atoms with Gasteiger partial charge in [0.2, 0.25) is 0 Å². The zero-order valence-electron chi connectivity index (χ0n) is 17.4. The van der Waals surface area contributed by atoms with E-state index in [9.17, 15) is 0 Å². The summed E-state index contributed by atoms with van der Waals surface area (Å²) < 4.78 is 5.47. The van der Waals surface area contributed by atoms with Crippen molar-refractivity contribution in [1.82, 2.24) is 20.4 Å². The van der Waals surface area contributed by atoms with Gasteiger partial charge in [-0.1, -0.05) is 24.3 Å². The first kappa shape index (κ1) is 24.1. The number of rotatable bonds is 7. The molecule has 0 spiro atoms. The van der Waals surface area contributed by atoms with Crippen LogP contribution < -0.4 is 10.6 Å². The third-order valence-electron chi connectivity index (χ3n) is 4.83. The molecule has 0 aliphatic carbocycles. The van der Waals surface area contributed by atoms with Crippen LogP contribution in [0.15, 0.2) is 29.3 Å². The molecule has 7 heteroatoms. The van der Waals surface area contributed by atoms with Crippen LogP contribution in [-0.4, -0.2) is 75.3 Å². The van der Waals surface area contributed by atoms with Crippen molar-refractivity contribution in [3.63, 3.8) is 0 Å². The van der Waals surface area contributed by atoms with Crippen LogP contribution in [0.25, 0.3) is 0 Å². The lowest BCUT2D eigenvalue weighted by molar-refractivity contribution is -0.00834. The third kappa shape index (κ3) is 7.93. The number of nitrogens with zero attached hydrogens (tertiary/aromatic N) is 3. The van der Waals surface area contributed by atoms with Crippen molar-refractivity contribution >= 4 is 29.9 Å². The van der Waals surface area contributed by atoms with Crippen molar-refractivity contribution in [1.29, 1.82) is 0 Å². The van der Waals surface area contributed by atoms with Gasteiger partial charge in [-0.05, 0) is 39.1 Å². The molecular formula is C20H36IN5O. The molecule has 0 aromatic heterocycles. The predicted octanol–water partition coefficient (Wildman–Crippen LogP) is 2.14. The average molecular weight is 489 g/mol. The summed E-state index contributed by atoms with van der Waals surface area (Å²) in [5, 5.41) is 6.94. The first-order valence-electron chi connectivity index (χ1n) is 9.41. The van der Waals surface area contributed by atoms with Crippen LogP contribution in [0.2, 0.25) is 0 Å². The van der Waals surface area contributed by atoms with E-state index in [1.165, 1.54) is 11.1 Å². The fraction of sp³-hybridized carbons (Fsp3) is 0.650. The maximum absolute atomic E-state index is 5.47. The van der Waals surface area contributed by atoms with Crippen LogP contribution in [0.3, 0.4) is 0 Å². The highest BCUT2D eigenvalue weighted by molar-refractivity contribution is 14.0. The summed E-state index contributed by atoms with van der Waals surface area (Å²) in [4.78, 5) is 9.05. The molecule has 2 N–H and O–H groups in total. The molecule has 1 aromatic carbocycles. The SMILES string of the molecule is CN=C(NCc1ccccc1CN(C)C)NCC(C)(C)N1CCOCC1.I. The van der Waals surface area contributed by atoms with E-state index in [-0.39, 0.29) is 29.5 Å². The molecule has 0 atom stereocenters. The van der Waals surface area contributed by atoms with E-state index in [0.717, 1.165) is 51.9 Å². The summed E-state index contributed by atoms with van der Waals surface area (Å²) in [6.45, 7) is 10.7. The summed E-state index contributed by atoms with van der Waals surface area (Å²) >= 11 is 0. The number of guanidine groups is 1. The minimum atomic E-state index is 0. The van der Waals surface area contributed by atoms with E-state index in [0.29, 0.717) is 0 Å². The molecule has 27 heavy (non-hydrogen) atoms. The molecule has 1 aromatic rings. The smallest absolute Gasteiger partial charge is 0.191 e. The monoisotopic (exact) mass is 489 g/mol. The van der Waals surface area contributed by atoms with Gasteiger partial charge in [-0.3, -0.25) is 9.89 Å². The third-order valence-corrected chi connectivity index (χ3v) is 4.83. The molecule has 0 amide bonds. The van der Waals surface area contributed by atoms with Gasteiger partial charge in [-0.15, -0.1) is 24.0 Å². The minimum absolute atomic E-state index is 0. The lowest BCUT2D eigenvalue weighted by atomic mass is 10.0.